The average Bonchev–Trinajstić information content (AvgIpc) is 2.37. The molecule has 1 N–H and O–H groups in total. The molecule has 0 aromatic heterocycles. The standard InChI is InChI=1S/C10H11Cl2NO5S/c1-2-19(17,18)10(11,12)9(14)7-3-5-8(6-4-7)13(15)16/h3-6,9,14H,2H2,1H3/t9-/m0/s1. The highest BCUT2D eigenvalue weighted by Crippen LogP contribution is 2.41. The van der Waals surface area contributed by atoms with E-state index in [0.29, 0.717) is 0 Å². The van der Waals surface area contributed by atoms with Crippen molar-refractivity contribution in [2.24, 2.45) is 0 Å². The summed E-state index contributed by atoms with van der Waals surface area (Å²) in [5.74, 6) is -0.343. The number of aliphatic hydroxyl groups excluding tert-OH is 1. The van der Waals surface area contributed by atoms with Gasteiger partial charge in [0.05, 0.1) is 10.7 Å². The molecule has 0 aliphatic carbocycles. The van der Waals surface area contributed by atoms with Crippen molar-refractivity contribution in [2.45, 2.75) is 16.7 Å². The van der Waals surface area contributed by atoms with Gasteiger partial charge in [-0.05, 0) is 17.7 Å². The van der Waals surface area contributed by atoms with Crippen LogP contribution >= 0.6 is 23.2 Å². The summed E-state index contributed by atoms with van der Waals surface area (Å²) < 4.78 is 21.0. The number of alkyl halides is 2. The Morgan fingerprint density at radius 2 is 1.84 bits per heavy atom. The Hall–Kier alpha value is -0.890. The summed E-state index contributed by atoms with van der Waals surface area (Å²) in [4.78, 5) is 9.86. The van der Waals surface area contributed by atoms with E-state index in [4.69, 9.17) is 23.2 Å². The molecule has 0 aliphatic heterocycles. The van der Waals surface area contributed by atoms with Crippen LogP contribution in [0.3, 0.4) is 0 Å². The van der Waals surface area contributed by atoms with Gasteiger partial charge in [-0.3, -0.25) is 10.1 Å². The molecule has 106 valence electrons. The molecule has 1 rings (SSSR count). The third kappa shape index (κ3) is 3.17. The van der Waals surface area contributed by atoms with Gasteiger partial charge in [0.1, 0.15) is 6.10 Å². The van der Waals surface area contributed by atoms with Gasteiger partial charge in [-0.2, -0.15) is 0 Å². The number of nitro groups is 1. The first-order valence-electron chi connectivity index (χ1n) is 5.16. The fourth-order valence-electron chi connectivity index (χ4n) is 1.33. The zero-order chi connectivity index (χ0) is 14.8. The molecule has 0 saturated carbocycles. The molecule has 0 bridgehead atoms. The van der Waals surface area contributed by atoms with Crippen LogP contribution < -0.4 is 0 Å². The molecule has 0 heterocycles. The summed E-state index contributed by atoms with van der Waals surface area (Å²) in [7, 11) is -3.92. The van der Waals surface area contributed by atoms with Crippen LogP contribution in [0.15, 0.2) is 24.3 Å². The molecule has 1 atom stereocenters. The van der Waals surface area contributed by atoms with E-state index in [-0.39, 0.29) is 17.0 Å². The Bertz CT molecular complexity index is 570. The first-order chi connectivity index (χ1) is 8.63. The van der Waals surface area contributed by atoms with Crippen molar-refractivity contribution >= 4 is 38.7 Å². The Kier molecular flexibility index (Phi) is 4.78. The number of halogens is 2. The van der Waals surface area contributed by atoms with E-state index in [0.717, 1.165) is 12.1 Å². The van der Waals surface area contributed by atoms with Gasteiger partial charge >= 0.3 is 0 Å². The highest BCUT2D eigenvalue weighted by molar-refractivity contribution is 7.95. The normalized spacial score (nSPS) is 14.1. The van der Waals surface area contributed by atoms with Crippen molar-refractivity contribution in [3.8, 4) is 0 Å². The van der Waals surface area contributed by atoms with Crippen molar-refractivity contribution in [1.82, 2.24) is 0 Å². The van der Waals surface area contributed by atoms with Gasteiger partial charge in [0.2, 0.25) is 3.67 Å². The van der Waals surface area contributed by atoms with Gasteiger partial charge in [-0.15, -0.1) is 0 Å². The molecule has 0 unspecified atom stereocenters. The molecular weight excluding hydrogens is 317 g/mol. The number of rotatable bonds is 5. The lowest BCUT2D eigenvalue weighted by atomic mass is 10.1. The molecule has 0 fully saturated rings. The molecule has 0 amide bonds. The average molecular weight is 328 g/mol. The monoisotopic (exact) mass is 327 g/mol. The highest BCUT2D eigenvalue weighted by Gasteiger charge is 2.46. The number of hydrogen-bond donors (Lipinski definition) is 1. The largest absolute Gasteiger partial charge is 0.384 e. The Morgan fingerprint density at radius 1 is 1.37 bits per heavy atom. The third-order valence-corrected chi connectivity index (χ3v) is 6.17. The quantitative estimate of drug-likeness (QED) is 0.508. The molecule has 6 nitrogen and oxygen atoms in total. The first kappa shape index (κ1) is 16.2. The van der Waals surface area contributed by atoms with Gasteiger partial charge in [0.25, 0.3) is 5.69 Å². The summed E-state index contributed by atoms with van der Waals surface area (Å²) >= 11 is 11.4. The molecule has 19 heavy (non-hydrogen) atoms. The SMILES string of the molecule is CCS(=O)(=O)C(Cl)(Cl)[C@@H](O)c1ccc([N+](=O)[O-])cc1. The second kappa shape index (κ2) is 5.62. The molecule has 0 aliphatic rings. The van der Waals surface area contributed by atoms with Gasteiger partial charge < -0.3 is 5.11 Å². The van der Waals surface area contributed by atoms with Crippen LogP contribution in [0.5, 0.6) is 0 Å². The molecule has 0 radical (unpaired) electrons. The van der Waals surface area contributed by atoms with Crippen LogP contribution in [0.25, 0.3) is 0 Å². The summed E-state index contributed by atoms with van der Waals surface area (Å²) in [6.45, 7) is 1.34. The predicted molar refractivity (Wildman–Crippen MR) is 72.0 cm³/mol. The fraction of sp³-hybridized carbons (Fsp3) is 0.400. The van der Waals surface area contributed by atoms with E-state index in [1.165, 1.54) is 19.1 Å². The molecular formula is C10H11Cl2NO5S. The lowest BCUT2D eigenvalue weighted by Crippen LogP contribution is -2.34. The van der Waals surface area contributed by atoms with Gasteiger partial charge in [0, 0.05) is 12.1 Å². The van der Waals surface area contributed by atoms with Crippen LogP contribution in [-0.2, 0) is 9.84 Å². The van der Waals surface area contributed by atoms with Gasteiger partial charge in [0.15, 0.2) is 9.84 Å². The van der Waals surface area contributed by atoms with Gasteiger partial charge in [-0.25, -0.2) is 8.42 Å². The van der Waals surface area contributed by atoms with Crippen LogP contribution in [0.2, 0.25) is 0 Å². The smallest absolute Gasteiger partial charge is 0.269 e. The number of aliphatic hydroxyl groups is 1. The minimum absolute atomic E-state index is 0.0765. The summed E-state index contributed by atoms with van der Waals surface area (Å²) in [6.07, 6.45) is -1.71. The molecule has 9 heteroatoms. The van der Waals surface area contributed by atoms with Crippen molar-refractivity contribution in [1.29, 1.82) is 0 Å². The highest BCUT2D eigenvalue weighted by atomic mass is 35.5. The maximum atomic E-state index is 11.7. The lowest BCUT2D eigenvalue weighted by molar-refractivity contribution is -0.384. The van der Waals surface area contributed by atoms with Crippen molar-refractivity contribution in [2.75, 3.05) is 5.75 Å². The number of nitro benzene ring substituents is 1. The summed E-state index contributed by atoms with van der Waals surface area (Å²) in [5, 5.41) is 20.4. The number of non-ortho nitro benzene ring substituents is 1. The van der Waals surface area contributed by atoms with E-state index in [1.807, 2.05) is 0 Å². The Morgan fingerprint density at radius 3 is 2.21 bits per heavy atom. The number of sulfone groups is 1. The number of benzene rings is 1. The third-order valence-electron chi connectivity index (χ3n) is 2.53. The molecule has 1 aromatic carbocycles. The second-order valence-electron chi connectivity index (χ2n) is 3.72. The van der Waals surface area contributed by atoms with Crippen LogP contribution in [0.1, 0.15) is 18.6 Å². The molecule has 1 aromatic rings. The van der Waals surface area contributed by atoms with Crippen LogP contribution in [0.4, 0.5) is 5.69 Å². The van der Waals surface area contributed by atoms with E-state index in [9.17, 15) is 23.6 Å². The molecule has 0 saturated heterocycles. The Labute approximate surface area is 120 Å². The zero-order valence-corrected chi connectivity index (χ0v) is 12.1. The van der Waals surface area contributed by atoms with Crippen LogP contribution in [0, 0.1) is 10.1 Å². The summed E-state index contributed by atoms with van der Waals surface area (Å²) in [5.41, 5.74) is -0.114. The number of nitrogens with zero attached hydrogens (tertiary/aromatic N) is 1. The van der Waals surface area contributed by atoms with Gasteiger partial charge in [-0.1, -0.05) is 30.1 Å². The number of hydrogen-bond acceptors (Lipinski definition) is 5. The maximum Gasteiger partial charge on any atom is 0.269 e. The van der Waals surface area contributed by atoms with E-state index in [1.54, 1.807) is 0 Å². The zero-order valence-electron chi connectivity index (χ0n) is 9.79. The van der Waals surface area contributed by atoms with E-state index >= 15 is 0 Å². The topological polar surface area (TPSA) is 97.5 Å². The lowest BCUT2D eigenvalue weighted by Gasteiger charge is -2.25. The Balaban J connectivity index is 3.13. The van der Waals surface area contributed by atoms with Crippen LogP contribution in [-0.4, -0.2) is 27.9 Å². The summed E-state index contributed by atoms with van der Waals surface area (Å²) in [6, 6.07) is 4.66. The minimum Gasteiger partial charge on any atom is -0.384 e. The first-order valence-corrected chi connectivity index (χ1v) is 7.57. The fourth-order valence-corrected chi connectivity index (χ4v) is 3.10. The molecule has 0 spiro atoms. The van der Waals surface area contributed by atoms with E-state index < -0.39 is 24.5 Å². The van der Waals surface area contributed by atoms with Crippen molar-refractivity contribution in [3.63, 3.8) is 0 Å². The van der Waals surface area contributed by atoms with E-state index in [2.05, 4.69) is 0 Å². The minimum atomic E-state index is -3.92. The van der Waals surface area contributed by atoms with Crippen molar-refractivity contribution < 1.29 is 18.4 Å². The van der Waals surface area contributed by atoms with Crippen molar-refractivity contribution in [3.05, 3.63) is 39.9 Å². The predicted octanol–water partition coefficient (Wildman–Crippen LogP) is 2.19. The maximum absolute atomic E-state index is 11.7. The second-order valence-corrected chi connectivity index (χ2v) is 8.00.